The second-order valence-corrected chi connectivity index (χ2v) is 6.03. The van der Waals surface area contributed by atoms with Gasteiger partial charge in [0.25, 0.3) is 0 Å². The zero-order valence-electron chi connectivity index (χ0n) is 10.8. The van der Waals surface area contributed by atoms with Crippen LogP contribution in [-0.4, -0.2) is 30.4 Å². The highest BCUT2D eigenvalue weighted by Crippen LogP contribution is 2.31. The Morgan fingerprint density at radius 3 is 2.94 bits per heavy atom. The van der Waals surface area contributed by atoms with Crippen LogP contribution >= 0.6 is 11.6 Å². The van der Waals surface area contributed by atoms with Crippen molar-refractivity contribution in [3.05, 3.63) is 35.4 Å². The smallest absolute Gasteiger partial charge is 0.0434 e. The summed E-state index contributed by atoms with van der Waals surface area (Å²) in [6.45, 7) is 4.17. The molecule has 1 aliphatic rings. The summed E-state index contributed by atoms with van der Waals surface area (Å²) in [4.78, 5) is 2.37. The third kappa shape index (κ3) is 3.46. The van der Waals surface area contributed by atoms with E-state index in [4.69, 9.17) is 11.6 Å². The highest BCUT2D eigenvalue weighted by atomic mass is 35.5. The van der Waals surface area contributed by atoms with Crippen molar-refractivity contribution in [3.8, 4) is 0 Å². The van der Waals surface area contributed by atoms with Gasteiger partial charge in [-0.2, -0.15) is 0 Å². The predicted octanol–water partition coefficient (Wildman–Crippen LogP) is 3.67. The van der Waals surface area contributed by atoms with E-state index in [1.54, 1.807) is 11.1 Å². The molecule has 0 saturated heterocycles. The SMILES string of the molecule is CC(Cl)CN(C)CC1CCCc2ccccc21. The summed E-state index contributed by atoms with van der Waals surface area (Å²) in [6.07, 6.45) is 3.90. The molecular formula is C15H22ClN. The molecule has 2 heteroatoms. The van der Waals surface area contributed by atoms with Crippen LogP contribution in [-0.2, 0) is 6.42 Å². The summed E-state index contributed by atoms with van der Waals surface area (Å²) in [5, 5.41) is 0.235. The van der Waals surface area contributed by atoms with Crippen LogP contribution in [0.3, 0.4) is 0 Å². The van der Waals surface area contributed by atoms with E-state index < -0.39 is 0 Å². The number of aryl methyl sites for hydroxylation is 1. The van der Waals surface area contributed by atoms with Gasteiger partial charge in [-0.05, 0) is 50.3 Å². The van der Waals surface area contributed by atoms with Crippen LogP contribution in [0.25, 0.3) is 0 Å². The number of nitrogens with zero attached hydrogens (tertiary/aromatic N) is 1. The summed E-state index contributed by atoms with van der Waals surface area (Å²) in [5.41, 5.74) is 3.11. The Hall–Kier alpha value is -0.530. The number of halogens is 1. The van der Waals surface area contributed by atoms with Gasteiger partial charge in [0.15, 0.2) is 0 Å². The molecule has 17 heavy (non-hydrogen) atoms. The Balaban J connectivity index is 2.03. The fraction of sp³-hybridized carbons (Fsp3) is 0.600. The first kappa shape index (κ1) is 12.9. The van der Waals surface area contributed by atoms with Crippen LogP contribution in [0, 0.1) is 0 Å². The quantitative estimate of drug-likeness (QED) is 0.739. The lowest BCUT2D eigenvalue weighted by atomic mass is 9.82. The van der Waals surface area contributed by atoms with Crippen LogP contribution < -0.4 is 0 Å². The largest absolute Gasteiger partial charge is 0.304 e. The van der Waals surface area contributed by atoms with Gasteiger partial charge in [0.2, 0.25) is 0 Å². The summed E-state index contributed by atoms with van der Waals surface area (Å²) < 4.78 is 0. The fourth-order valence-electron chi connectivity index (χ4n) is 2.92. The molecule has 1 aromatic carbocycles. The Morgan fingerprint density at radius 1 is 1.41 bits per heavy atom. The molecule has 0 radical (unpaired) electrons. The fourth-order valence-corrected chi connectivity index (χ4v) is 3.16. The minimum atomic E-state index is 0.235. The molecule has 0 spiro atoms. The van der Waals surface area contributed by atoms with Crippen molar-refractivity contribution in [2.24, 2.45) is 0 Å². The Bertz CT molecular complexity index is 362. The maximum atomic E-state index is 6.05. The molecule has 2 unspecified atom stereocenters. The molecule has 94 valence electrons. The second kappa shape index (κ2) is 5.88. The van der Waals surface area contributed by atoms with Crippen LogP contribution in [0.1, 0.15) is 36.8 Å². The van der Waals surface area contributed by atoms with Gasteiger partial charge in [-0.3, -0.25) is 0 Å². The van der Waals surface area contributed by atoms with E-state index in [9.17, 15) is 0 Å². The van der Waals surface area contributed by atoms with Crippen molar-refractivity contribution in [2.45, 2.75) is 37.5 Å². The molecule has 0 amide bonds. The van der Waals surface area contributed by atoms with E-state index >= 15 is 0 Å². The molecule has 2 rings (SSSR count). The normalized spacial score (nSPS) is 21.3. The first-order valence-corrected chi connectivity index (χ1v) is 7.01. The average Bonchev–Trinajstić information content (AvgIpc) is 2.28. The minimum absolute atomic E-state index is 0.235. The molecule has 1 aromatic rings. The summed E-state index contributed by atoms with van der Waals surface area (Å²) in [5.74, 6) is 0.695. The molecule has 0 heterocycles. The predicted molar refractivity (Wildman–Crippen MR) is 74.9 cm³/mol. The second-order valence-electron chi connectivity index (χ2n) is 5.29. The maximum absolute atomic E-state index is 6.05. The van der Waals surface area contributed by atoms with E-state index in [2.05, 4.69) is 43.1 Å². The van der Waals surface area contributed by atoms with Crippen molar-refractivity contribution in [1.82, 2.24) is 4.90 Å². The highest BCUT2D eigenvalue weighted by Gasteiger charge is 2.21. The highest BCUT2D eigenvalue weighted by molar-refractivity contribution is 6.20. The molecule has 2 atom stereocenters. The zero-order chi connectivity index (χ0) is 12.3. The maximum Gasteiger partial charge on any atom is 0.0434 e. The number of benzene rings is 1. The zero-order valence-corrected chi connectivity index (χ0v) is 11.6. The molecule has 0 N–H and O–H groups in total. The molecule has 0 bridgehead atoms. The number of hydrogen-bond donors (Lipinski definition) is 0. The molecule has 0 aromatic heterocycles. The molecule has 1 aliphatic carbocycles. The summed E-state index contributed by atoms with van der Waals surface area (Å²) >= 11 is 6.05. The van der Waals surface area contributed by atoms with Crippen molar-refractivity contribution < 1.29 is 0 Å². The average molecular weight is 252 g/mol. The lowest BCUT2D eigenvalue weighted by molar-refractivity contribution is 0.300. The van der Waals surface area contributed by atoms with Crippen LogP contribution in [0.5, 0.6) is 0 Å². The number of likely N-dealkylation sites (N-methyl/N-ethyl adjacent to an activating group) is 1. The van der Waals surface area contributed by atoms with Gasteiger partial charge in [0, 0.05) is 18.5 Å². The van der Waals surface area contributed by atoms with Crippen LogP contribution in [0.15, 0.2) is 24.3 Å². The van der Waals surface area contributed by atoms with Crippen molar-refractivity contribution in [3.63, 3.8) is 0 Å². The lowest BCUT2D eigenvalue weighted by Crippen LogP contribution is -2.30. The van der Waals surface area contributed by atoms with E-state index in [1.165, 1.54) is 19.3 Å². The first-order valence-electron chi connectivity index (χ1n) is 6.57. The monoisotopic (exact) mass is 251 g/mol. The number of rotatable bonds is 4. The topological polar surface area (TPSA) is 3.24 Å². The standard InChI is InChI=1S/C15H22ClN/c1-12(16)10-17(2)11-14-8-5-7-13-6-3-4-9-15(13)14/h3-4,6,9,12,14H,5,7-8,10-11H2,1-2H3. The number of fused-ring (bicyclic) bond motifs is 1. The van der Waals surface area contributed by atoms with Crippen LogP contribution in [0.4, 0.5) is 0 Å². The van der Waals surface area contributed by atoms with E-state index in [0.29, 0.717) is 5.92 Å². The Kier molecular flexibility index (Phi) is 4.47. The van der Waals surface area contributed by atoms with Gasteiger partial charge in [-0.1, -0.05) is 24.3 Å². The van der Waals surface area contributed by atoms with Crippen LogP contribution in [0.2, 0.25) is 0 Å². The van der Waals surface area contributed by atoms with Gasteiger partial charge in [0.05, 0.1) is 0 Å². The van der Waals surface area contributed by atoms with Gasteiger partial charge in [-0.25, -0.2) is 0 Å². The van der Waals surface area contributed by atoms with Gasteiger partial charge in [-0.15, -0.1) is 11.6 Å². The first-order chi connectivity index (χ1) is 8.16. The Morgan fingerprint density at radius 2 is 2.18 bits per heavy atom. The van der Waals surface area contributed by atoms with E-state index in [-0.39, 0.29) is 5.38 Å². The minimum Gasteiger partial charge on any atom is -0.304 e. The summed E-state index contributed by atoms with van der Waals surface area (Å²) in [7, 11) is 2.18. The third-order valence-electron chi connectivity index (χ3n) is 3.59. The molecule has 1 nitrogen and oxygen atoms in total. The van der Waals surface area contributed by atoms with E-state index in [0.717, 1.165) is 13.1 Å². The van der Waals surface area contributed by atoms with Crippen molar-refractivity contribution >= 4 is 11.6 Å². The van der Waals surface area contributed by atoms with Crippen molar-refractivity contribution in [2.75, 3.05) is 20.1 Å². The number of hydrogen-bond acceptors (Lipinski definition) is 1. The lowest BCUT2D eigenvalue weighted by Gasteiger charge is -2.29. The molecular weight excluding hydrogens is 230 g/mol. The third-order valence-corrected chi connectivity index (χ3v) is 3.73. The van der Waals surface area contributed by atoms with E-state index in [1.807, 2.05) is 0 Å². The Labute approximate surface area is 110 Å². The molecule has 0 saturated carbocycles. The number of alkyl halides is 1. The van der Waals surface area contributed by atoms with Gasteiger partial charge < -0.3 is 4.90 Å². The van der Waals surface area contributed by atoms with Gasteiger partial charge >= 0.3 is 0 Å². The summed E-state index contributed by atoms with van der Waals surface area (Å²) in [6, 6.07) is 8.91. The molecule has 0 aliphatic heterocycles. The van der Waals surface area contributed by atoms with Gasteiger partial charge in [0.1, 0.15) is 0 Å². The van der Waals surface area contributed by atoms with Crippen molar-refractivity contribution in [1.29, 1.82) is 0 Å². The molecule has 0 fully saturated rings.